The highest BCUT2D eigenvalue weighted by Gasteiger charge is 2.42. The lowest BCUT2D eigenvalue weighted by atomic mass is 10.1. The van der Waals surface area contributed by atoms with Gasteiger partial charge >= 0.3 is 0 Å². The van der Waals surface area contributed by atoms with E-state index in [0.717, 1.165) is 5.01 Å². The molecule has 1 aliphatic heterocycles. The SMILES string of the molecule is CN(Cc1nccs1)S(=O)(=O)C1CN(C(=O)c2ccccc2)C1. The van der Waals surface area contributed by atoms with E-state index in [1.54, 1.807) is 42.4 Å². The molecule has 0 atom stereocenters. The number of thiazole rings is 1. The lowest BCUT2D eigenvalue weighted by molar-refractivity contribution is 0.0655. The van der Waals surface area contributed by atoms with Crippen LogP contribution in [0.2, 0.25) is 0 Å². The molecule has 2 aromatic rings. The normalized spacial score (nSPS) is 15.7. The molecule has 0 radical (unpaired) electrons. The average molecular weight is 351 g/mol. The van der Waals surface area contributed by atoms with Crippen molar-refractivity contribution in [3.8, 4) is 0 Å². The van der Waals surface area contributed by atoms with Crippen molar-refractivity contribution in [3.05, 3.63) is 52.5 Å². The van der Waals surface area contributed by atoms with Gasteiger partial charge in [-0.05, 0) is 12.1 Å². The molecule has 122 valence electrons. The second-order valence-corrected chi connectivity index (χ2v) is 8.72. The number of likely N-dealkylation sites (tertiary alicyclic amines) is 1. The van der Waals surface area contributed by atoms with Gasteiger partial charge < -0.3 is 4.90 Å². The molecule has 1 aromatic heterocycles. The number of amides is 1. The fourth-order valence-corrected chi connectivity index (χ4v) is 4.72. The van der Waals surface area contributed by atoms with Crippen LogP contribution in [0.3, 0.4) is 0 Å². The van der Waals surface area contributed by atoms with Crippen LogP contribution in [0.4, 0.5) is 0 Å². The first kappa shape index (κ1) is 16.1. The first-order valence-corrected chi connectivity index (χ1v) is 9.54. The molecule has 6 nitrogen and oxygen atoms in total. The molecule has 1 saturated heterocycles. The lowest BCUT2D eigenvalue weighted by Crippen LogP contribution is -2.59. The molecule has 8 heteroatoms. The van der Waals surface area contributed by atoms with Crippen LogP contribution in [-0.2, 0) is 16.6 Å². The molecular formula is C15H17N3O3S2. The van der Waals surface area contributed by atoms with Gasteiger partial charge in [0.2, 0.25) is 10.0 Å². The summed E-state index contributed by atoms with van der Waals surface area (Å²) in [5.74, 6) is -0.125. The Morgan fingerprint density at radius 2 is 2.04 bits per heavy atom. The third-order valence-electron chi connectivity index (χ3n) is 3.85. The van der Waals surface area contributed by atoms with E-state index in [4.69, 9.17) is 0 Å². The summed E-state index contributed by atoms with van der Waals surface area (Å²) in [5.41, 5.74) is 0.583. The van der Waals surface area contributed by atoms with Gasteiger partial charge in [0, 0.05) is 37.3 Å². The summed E-state index contributed by atoms with van der Waals surface area (Å²) in [6, 6.07) is 8.90. The van der Waals surface area contributed by atoms with Crippen LogP contribution < -0.4 is 0 Å². The van der Waals surface area contributed by atoms with Crippen LogP contribution in [0.1, 0.15) is 15.4 Å². The number of hydrogen-bond acceptors (Lipinski definition) is 5. The quantitative estimate of drug-likeness (QED) is 0.817. The van der Waals surface area contributed by atoms with Gasteiger partial charge in [-0.25, -0.2) is 13.4 Å². The van der Waals surface area contributed by atoms with Gasteiger partial charge in [-0.3, -0.25) is 4.79 Å². The van der Waals surface area contributed by atoms with Gasteiger partial charge in [-0.1, -0.05) is 18.2 Å². The summed E-state index contributed by atoms with van der Waals surface area (Å²) in [6.07, 6.45) is 1.66. The second-order valence-electron chi connectivity index (χ2n) is 5.42. The Hall–Kier alpha value is -1.77. The molecule has 2 heterocycles. The number of sulfonamides is 1. The maximum absolute atomic E-state index is 12.5. The van der Waals surface area contributed by atoms with E-state index in [0.29, 0.717) is 5.56 Å². The molecule has 0 spiro atoms. The minimum atomic E-state index is -3.42. The van der Waals surface area contributed by atoms with Crippen molar-refractivity contribution in [2.24, 2.45) is 0 Å². The molecule has 0 saturated carbocycles. The Balaban J connectivity index is 1.60. The predicted molar refractivity (Wildman–Crippen MR) is 88.6 cm³/mol. The largest absolute Gasteiger partial charge is 0.336 e. The number of hydrogen-bond donors (Lipinski definition) is 0. The first-order chi connectivity index (χ1) is 11.0. The molecular weight excluding hydrogens is 334 g/mol. The third kappa shape index (κ3) is 3.29. The smallest absolute Gasteiger partial charge is 0.253 e. The summed E-state index contributed by atoms with van der Waals surface area (Å²) in [5, 5.41) is 2.03. The highest BCUT2D eigenvalue weighted by molar-refractivity contribution is 7.89. The highest BCUT2D eigenvalue weighted by Crippen LogP contribution is 2.22. The van der Waals surface area contributed by atoms with E-state index >= 15 is 0 Å². The molecule has 0 N–H and O–H groups in total. The van der Waals surface area contributed by atoms with Crippen molar-refractivity contribution in [3.63, 3.8) is 0 Å². The first-order valence-electron chi connectivity index (χ1n) is 7.16. The average Bonchev–Trinajstić information content (AvgIpc) is 2.99. The number of nitrogens with zero attached hydrogens (tertiary/aromatic N) is 3. The van der Waals surface area contributed by atoms with Gasteiger partial charge in [0.25, 0.3) is 5.91 Å². The molecule has 0 bridgehead atoms. The third-order valence-corrected chi connectivity index (χ3v) is 6.76. The predicted octanol–water partition coefficient (Wildman–Crippen LogP) is 1.43. The molecule has 1 amide bonds. The van der Waals surface area contributed by atoms with E-state index < -0.39 is 15.3 Å². The Kier molecular flexibility index (Phi) is 4.47. The minimum absolute atomic E-state index is 0.125. The highest BCUT2D eigenvalue weighted by atomic mass is 32.2. The van der Waals surface area contributed by atoms with Crippen LogP contribution in [0.25, 0.3) is 0 Å². The molecule has 1 fully saturated rings. The lowest BCUT2D eigenvalue weighted by Gasteiger charge is -2.40. The number of carbonyl (C=O) groups is 1. The van der Waals surface area contributed by atoms with Crippen molar-refractivity contribution in [2.75, 3.05) is 20.1 Å². The van der Waals surface area contributed by atoms with E-state index in [-0.39, 0.29) is 25.5 Å². The van der Waals surface area contributed by atoms with Gasteiger partial charge in [0.05, 0.1) is 6.54 Å². The molecule has 23 heavy (non-hydrogen) atoms. The van der Waals surface area contributed by atoms with Crippen LogP contribution in [0.15, 0.2) is 41.9 Å². The van der Waals surface area contributed by atoms with E-state index in [1.807, 2.05) is 11.4 Å². The van der Waals surface area contributed by atoms with E-state index in [9.17, 15) is 13.2 Å². The van der Waals surface area contributed by atoms with Crippen molar-refractivity contribution in [1.29, 1.82) is 0 Å². The molecule has 1 aliphatic rings. The Labute approximate surface area is 139 Å². The Morgan fingerprint density at radius 1 is 1.35 bits per heavy atom. The minimum Gasteiger partial charge on any atom is -0.336 e. The fraction of sp³-hybridized carbons (Fsp3) is 0.333. The summed E-state index contributed by atoms with van der Waals surface area (Å²) < 4.78 is 26.3. The maximum atomic E-state index is 12.5. The topological polar surface area (TPSA) is 70.6 Å². The summed E-state index contributed by atoms with van der Waals surface area (Å²) in [4.78, 5) is 17.9. The van der Waals surface area contributed by atoms with E-state index in [1.165, 1.54) is 15.6 Å². The zero-order valence-corrected chi connectivity index (χ0v) is 14.3. The van der Waals surface area contributed by atoms with Crippen molar-refractivity contribution in [1.82, 2.24) is 14.2 Å². The van der Waals surface area contributed by atoms with Crippen LogP contribution in [0, 0.1) is 0 Å². The standard InChI is InChI=1S/C15H17N3O3S2/c1-17(11-14-16-7-8-22-14)23(20,21)13-9-18(10-13)15(19)12-5-3-2-4-6-12/h2-8,13H,9-11H2,1H3. The fourth-order valence-electron chi connectivity index (χ4n) is 2.42. The zero-order chi connectivity index (χ0) is 16.4. The van der Waals surface area contributed by atoms with Gasteiger partial charge in [0.15, 0.2) is 0 Å². The van der Waals surface area contributed by atoms with Crippen LogP contribution in [-0.4, -0.2) is 53.9 Å². The van der Waals surface area contributed by atoms with Gasteiger partial charge in [-0.2, -0.15) is 4.31 Å². The van der Waals surface area contributed by atoms with Crippen LogP contribution >= 0.6 is 11.3 Å². The zero-order valence-electron chi connectivity index (χ0n) is 12.6. The summed E-state index contributed by atoms with van der Waals surface area (Å²) >= 11 is 1.43. The number of aromatic nitrogens is 1. The monoisotopic (exact) mass is 351 g/mol. The summed E-state index contributed by atoms with van der Waals surface area (Å²) in [7, 11) is -1.87. The molecule has 3 rings (SSSR count). The Morgan fingerprint density at radius 3 is 2.65 bits per heavy atom. The molecule has 1 aromatic carbocycles. The maximum Gasteiger partial charge on any atom is 0.253 e. The van der Waals surface area contributed by atoms with Crippen molar-refractivity contribution in [2.45, 2.75) is 11.8 Å². The van der Waals surface area contributed by atoms with E-state index in [2.05, 4.69) is 4.98 Å². The van der Waals surface area contributed by atoms with Crippen LogP contribution in [0.5, 0.6) is 0 Å². The molecule has 0 unspecified atom stereocenters. The van der Waals surface area contributed by atoms with Crippen molar-refractivity contribution >= 4 is 27.3 Å². The Bertz CT molecular complexity index is 770. The van der Waals surface area contributed by atoms with Crippen molar-refractivity contribution < 1.29 is 13.2 Å². The number of benzene rings is 1. The van der Waals surface area contributed by atoms with Gasteiger partial charge in [-0.15, -0.1) is 11.3 Å². The summed E-state index contributed by atoms with van der Waals surface area (Å²) in [6.45, 7) is 0.736. The van der Waals surface area contributed by atoms with Gasteiger partial charge in [0.1, 0.15) is 10.3 Å². The number of rotatable bonds is 5. The second kappa shape index (κ2) is 6.38. The molecule has 0 aliphatic carbocycles. The number of carbonyl (C=O) groups excluding carboxylic acids is 1.